The summed E-state index contributed by atoms with van der Waals surface area (Å²) in [6, 6.07) is 7.79. The van der Waals surface area contributed by atoms with E-state index in [2.05, 4.69) is 21.5 Å². The van der Waals surface area contributed by atoms with Gasteiger partial charge in [-0.3, -0.25) is 0 Å². The van der Waals surface area contributed by atoms with E-state index in [1.165, 1.54) is 6.33 Å². The zero-order chi connectivity index (χ0) is 12.1. The predicted octanol–water partition coefficient (Wildman–Crippen LogP) is 1.90. The van der Waals surface area contributed by atoms with Crippen LogP contribution in [0.5, 0.6) is 0 Å². The van der Waals surface area contributed by atoms with Gasteiger partial charge in [-0.25, -0.2) is 0 Å². The van der Waals surface area contributed by atoms with Crippen molar-refractivity contribution in [2.75, 3.05) is 11.9 Å². The smallest absolute Gasteiger partial charge is 0.228 e. The fourth-order valence-electron chi connectivity index (χ4n) is 1.52. The summed E-state index contributed by atoms with van der Waals surface area (Å²) in [5, 5.41) is 15.6. The molecule has 5 nitrogen and oxygen atoms in total. The highest BCUT2D eigenvalue weighted by molar-refractivity contribution is 5.51. The Morgan fingerprint density at radius 2 is 2.35 bits per heavy atom. The maximum Gasteiger partial charge on any atom is 0.228 e. The topological polar surface area (TPSA) is 74.7 Å². The lowest BCUT2D eigenvalue weighted by Crippen LogP contribution is -2.05. The minimum absolute atomic E-state index is 0.614. The molecule has 0 amide bonds. The highest BCUT2D eigenvalue weighted by atomic mass is 16.5. The number of anilines is 1. The Labute approximate surface area is 99.1 Å². The number of hydrogen-bond acceptors (Lipinski definition) is 5. The van der Waals surface area contributed by atoms with Crippen LogP contribution in [0.25, 0.3) is 0 Å². The van der Waals surface area contributed by atoms with E-state index in [0.717, 1.165) is 11.3 Å². The van der Waals surface area contributed by atoms with Gasteiger partial charge in [-0.2, -0.15) is 10.2 Å². The second kappa shape index (κ2) is 5.12. The van der Waals surface area contributed by atoms with Crippen LogP contribution < -0.4 is 5.32 Å². The van der Waals surface area contributed by atoms with Gasteiger partial charge in [0.2, 0.25) is 5.89 Å². The Hall–Kier alpha value is -2.35. The summed E-state index contributed by atoms with van der Waals surface area (Å²) in [7, 11) is 0. The Balaban J connectivity index is 1.91. The van der Waals surface area contributed by atoms with Gasteiger partial charge in [0.15, 0.2) is 6.33 Å². The molecule has 0 aliphatic rings. The molecule has 0 atom stereocenters. The Morgan fingerprint density at radius 3 is 3.00 bits per heavy atom. The number of aryl methyl sites for hydroxylation is 1. The fraction of sp³-hybridized carbons (Fsp3) is 0.250. The van der Waals surface area contributed by atoms with Crippen LogP contribution in [0.1, 0.15) is 17.0 Å². The first-order valence-corrected chi connectivity index (χ1v) is 5.30. The zero-order valence-corrected chi connectivity index (χ0v) is 9.47. The Kier molecular flexibility index (Phi) is 3.36. The molecule has 1 aromatic carbocycles. The summed E-state index contributed by atoms with van der Waals surface area (Å²) in [4.78, 5) is 3.93. The van der Waals surface area contributed by atoms with Crippen LogP contribution in [0.2, 0.25) is 0 Å². The number of hydrogen-bond donors (Lipinski definition) is 1. The van der Waals surface area contributed by atoms with Crippen molar-refractivity contribution in [2.24, 2.45) is 0 Å². The van der Waals surface area contributed by atoms with Gasteiger partial charge in [-0.05, 0) is 30.7 Å². The SMILES string of the molecule is Cc1cc(NCCc2ncno2)ccc1C#N. The highest BCUT2D eigenvalue weighted by Gasteiger charge is 2.01. The van der Waals surface area contributed by atoms with Gasteiger partial charge >= 0.3 is 0 Å². The van der Waals surface area contributed by atoms with E-state index in [0.29, 0.717) is 24.4 Å². The van der Waals surface area contributed by atoms with Gasteiger partial charge in [0.25, 0.3) is 0 Å². The van der Waals surface area contributed by atoms with Crippen LogP contribution in [0.15, 0.2) is 29.0 Å². The number of nitrogens with one attached hydrogen (secondary N) is 1. The quantitative estimate of drug-likeness (QED) is 0.865. The van der Waals surface area contributed by atoms with Gasteiger partial charge in [-0.15, -0.1) is 0 Å². The minimum Gasteiger partial charge on any atom is -0.385 e. The third kappa shape index (κ3) is 2.82. The van der Waals surface area contributed by atoms with E-state index >= 15 is 0 Å². The maximum atomic E-state index is 8.81. The van der Waals surface area contributed by atoms with Crippen LogP contribution in [0.4, 0.5) is 5.69 Å². The molecule has 0 saturated heterocycles. The Morgan fingerprint density at radius 1 is 1.47 bits per heavy atom. The van der Waals surface area contributed by atoms with Gasteiger partial charge in [0, 0.05) is 18.7 Å². The molecule has 0 radical (unpaired) electrons. The van der Waals surface area contributed by atoms with Crippen LogP contribution in [0.3, 0.4) is 0 Å². The summed E-state index contributed by atoms with van der Waals surface area (Å²) in [5.41, 5.74) is 2.66. The monoisotopic (exact) mass is 228 g/mol. The summed E-state index contributed by atoms with van der Waals surface area (Å²) >= 11 is 0. The molecule has 0 aliphatic heterocycles. The van der Waals surface area contributed by atoms with Crippen molar-refractivity contribution in [3.05, 3.63) is 41.5 Å². The number of benzene rings is 1. The van der Waals surface area contributed by atoms with E-state index in [1.807, 2.05) is 25.1 Å². The molecule has 1 heterocycles. The molecule has 17 heavy (non-hydrogen) atoms. The van der Waals surface area contributed by atoms with E-state index in [1.54, 1.807) is 0 Å². The normalized spacial score (nSPS) is 9.88. The lowest BCUT2D eigenvalue weighted by atomic mass is 10.1. The third-order valence-corrected chi connectivity index (χ3v) is 2.42. The number of rotatable bonds is 4. The van der Waals surface area contributed by atoms with Crippen molar-refractivity contribution >= 4 is 5.69 Å². The molecule has 0 unspecified atom stereocenters. The molecule has 0 fully saturated rings. The van der Waals surface area contributed by atoms with Gasteiger partial charge in [0.1, 0.15) is 0 Å². The van der Waals surface area contributed by atoms with Crippen molar-refractivity contribution in [1.29, 1.82) is 5.26 Å². The Bertz CT molecular complexity index is 528. The van der Waals surface area contributed by atoms with Crippen molar-refractivity contribution in [1.82, 2.24) is 10.1 Å². The maximum absolute atomic E-state index is 8.81. The first-order valence-electron chi connectivity index (χ1n) is 5.30. The molecule has 0 bridgehead atoms. The molecule has 0 saturated carbocycles. The van der Waals surface area contributed by atoms with E-state index in [-0.39, 0.29) is 0 Å². The first-order chi connectivity index (χ1) is 8.29. The van der Waals surface area contributed by atoms with E-state index in [9.17, 15) is 0 Å². The van der Waals surface area contributed by atoms with Crippen molar-refractivity contribution < 1.29 is 4.52 Å². The summed E-state index contributed by atoms with van der Waals surface area (Å²) in [6.45, 7) is 2.63. The highest BCUT2D eigenvalue weighted by Crippen LogP contribution is 2.14. The van der Waals surface area contributed by atoms with Gasteiger partial charge in [-0.1, -0.05) is 5.16 Å². The molecule has 0 aliphatic carbocycles. The van der Waals surface area contributed by atoms with Crippen LogP contribution >= 0.6 is 0 Å². The number of aromatic nitrogens is 2. The second-order valence-corrected chi connectivity index (χ2v) is 3.65. The second-order valence-electron chi connectivity index (χ2n) is 3.65. The van der Waals surface area contributed by atoms with Gasteiger partial charge in [0.05, 0.1) is 11.6 Å². The van der Waals surface area contributed by atoms with Crippen molar-refractivity contribution in [3.8, 4) is 6.07 Å². The molecule has 86 valence electrons. The average molecular weight is 228 g/mol. The van der Waals surface area contributed by atoms with Crippen molar-refractivity contribution in [2.45, 2.75) is 13.3 Å². The summed E-state index contributed by atoms with van der Waals surface area (Å²) in [5.74, 6) is 0.614. The third-order valence-electron chi connectivity index (χ3n) is 2.42. The molecule has 2 aromatic rings. The molecule has 2 rings (SSSR count). The summed E-state index contributed by atoms with van der Waals surface area (Å²) < 4.78 is 4.89. The first kappa shape index (κ1) is 11.1. The van der Waals surface area contributed by atoms with Crippen LogP contribution in [-0.2, 0) is 6.42 Å². The molecule has 1 N–H and O–H groups in total. The molecular formula is C12H12N4O. The van der Waals surface area contributed by atoms with E-state index < -0.39 is 0 Å². The average Bonchev–Trinajstić information content (AvgIpc) is 2.82. The minimum atomic E-state index is 0.614. The fourth-order valence-corrected chi connectivity index (χ4v) is 1.52. The largest absolute Gasteiger partial charge is 0.385 e. The number of nitrogens with zero attached hydrogens (tertiary/aromatic N) is 3. The summed E-state index contributed by atoms with van der Waals surface area (Å²) in [6.07, 6.45) is 2.07. The predicted molar refractivity (Wildman–Crippen MR) is 62.4 cm³/mol. The zero-order valence-electron chi connectivity index (χ0n) is 9.47. The van der Waals surface area contributed by atoms with Crippen molar-refractivity contribution in [3.63, 3.8) is 0 Å². The number of nitriles is 1. The molecular weight excluding hydrogens is 216 g/mol. The van der Waals surface area contributed by atoms with E-state index in [4.69, 9.17) is 9.78 Å². The molecule has 5 heteroatoms. The molecule has 1 aromatic heterocycles. The van der Waals surface area contributed by atoms with Gasteiger partial charge < -0.3 is 9.84 Å². The standard InChI is InChI=1S/C12H12N4O/c1-9-6-11(3-2-10(9)7-13)14-5-4-12-15-8-16-17-12/h2-3,6,8,14H,4-5H2,1H3. The van der Waals surface area contributed by atoms with Crippen LogP contribution in [0, 0.1) is 18.3 Å². The lowest BCUT2D eigenvalue weighted by Gasteiger charge is -2.06. The molecule has 0 spiro atoms. The van der Waals surface area contributed by atoms with Crippen LogP contribution in [-0.4, -0.2) is 16.7 Å². The lowest BCUT2D eigenvalue weighted by molar-refractivity contribution is 0.380.